The minimum absolute atomic E-state index is 0.281. The van der Waals surface area contributed by atoms with E-state index < -0.39 is 23.7 Å². The largest absolute Gasteiger partial charge is 0.425 e. The maximum atomic E-state index is 14.0. The van der Waals surface area contributed by atoms with Gasteiger partial charge in [0, 0.05) is 11.5 Å². The molecule has 174 valence electrons. The van der Waals surface area contributed by atoms with Gasteiger partial charge in [0.15, 0.2) is 0 Å². The molecule has 0 radical (unpaired) electrons. The minimum atomic E-state index is -0.849. The van der Waals surface area contributed by atoms with Gasteiger partial charge in [-0.05, 0) is 40.1 Å². The molecule has 0 bridgehead atoms. The lowest BCUT2D eigenvalue weighted by molar-refractivity contribution is -0.142. The van der Waals surface area contributed by atoms with E-state index in [0.717, 1.165) is 27.5 Å². The van der Waals surface area contributed by atoms with Crippen LogP contribution in [0.2, 0.25) is 0 Å². The molecule has 4 aromatic rings. The van der Waals surface area contributed by atoms with E-state index in [1.165, 1.54) is 4.90 Å². The van der Waals surface area contributed by atoms with Gasteiger partial charge in [-0.3, -0.25) is 14.4 Å². The lowest BCUT2D eigenvalue weighted by Gasteiger charge is -2.38. The summed E-state index contributed by atoms with van der Waals surface area (Å²) >= 11 is 0. The SMILES string of the molecule is O=C1Oc2ccc3ccccc3c2C2=C[C@H](c3ccccc3)[C@@H]3C(=O)N(c4ccccc4)C(=O)[C@H]3[C@H]12. The number of rotatable bonds is 2. The molecular weight excluding hydrogens is 450 g/mol. The highest BCUT2D eigenvalue weighted by atomic mass is 16.5. The molecule has 4 aromatic carbocycles. The van der Waals surface area contributed by atoms with Crippen molar-refractivity contribution >= 4 is 39.8 Å². The Balaban J connectivity index is 1.48. The molecule has 0 spiro atoms. The van der Waals surface area contributed by atoms with Crippen LogP contribution in [0.3, 0.4) is 0 Å². The van der Waals surface area contributed by atoms with E-state index >= 15 is 0 Å². The molecular formula is C31H21NO4. The summed E-state index contributed by atoms with van der Waals surface area (Å²) in [6.45, 7) is 0. The summed E-state index contributed by atoms with van der Waals surface area (Å²) in [5, 5.41) is 1.98. The molecule has 7 rings (SSSR count). The Labute approximate surface area is 207 Å². The van der Waals surface area contributed by atoms with Crippen molar-refractivity contribution in [1.29, 1.82) is 0 Å². The third-order valence-electron chi connectivity index (χ3n) is 7.68. The first-order valence-corrected chi connectivity index (χ1v) is 12.1. The summed E-state index contributed by atoms with van der Waals surface area (Å²) in [4.78, 5) is 42.6. The van der Waals surface area contributed by atoms with Crippen molar-refractivity contribution in [3.8, 4) is 5.75 Å². The molecule has 1 fully saturated rings. The van der Waals surface area contributed by atoms with Gasteiger partial charge in [-0.25, -0.2) is 4.90 Å². The highest BCUT2D eigenvalue weighted by Gasteiger charge is 2.60. The smallest absolute Gasteiger partial charge is 0.319 e. The van der Waals surface area contributed by atoms with Gasteiger partial charge in [0.2, 0.25) is 11.8 Å². The molecule has 0 N–H and O–H groups in total. The summed E-state index contributed by atoms with van der Waals surface area (Å²) in [5.74, 6) is -3.38. The van der Waals surface area contributed by atoms with Crippen LogP contribution in [0.25, 0.3) is 16.3 Å². The number of esters is 1. The monoisotopic (exact) mass is 471 g/mol. The lowest BCUT2D eigenvalue weighted by Crippen LogP contribution is -2.42. The second kappa shape index (κ2) is 7.75. The van der Waals surface area contributed by atoms with Crippen molar-refractivity contribution in [3.63, 3.8) is 0 Å². The van der Waals surface area contributed by atoms with E-state index in [9.17, 15) is 14.4 Å². The zero-order valence-electron chi connectivity index (χ0n) is 19.2. The Kier molecular flexibility index (Phi) is 4.48. The molecule has 1 saturated heterocycles. The zero-order valence-corrected chi connectivity index (χ0v) is 19.2. The van der Waals surface area contributed by atoms with Crippen molar-refractivity contribution in [2.45, 2.75) is 5.92 Å². The molecule has 0 unspecified atom stereocenters. The lowest BCUT2D eigenvalue weighted by atomic mass is 9.64. The average molecular weight is 472 g/mol. The van der Waals surface area contributed by atoms with Gasteiger partial charge in [0.25, 0.3) is 0 Å². The fraction of sp³-hybridized carbons (Fsp3) is 0.129. The highest BCUT2D eigenvalue weighted by molar-refractivity contribution is 6.25. The predicted molar refractivity (Wildman–Crippen MR) is 136 cm³/mol. The van der Waals surface area contributed by atoms with Crippen LogP contribution in [0.1, 0.15) is 17.0 Å². The number of para-hydroxylation sites is 1. The summed E-state index contributed by atoms with van der Waals surface area (Å²) < 4.78 is 5.82. The van der Waals surface area contributed by atoms with Crippen LogP contribution in [0.4, 0.5) is 5.69 Å². The van der Waals surface area contributed by atoms with Crippen LogP contribution >= 0.6 is 0 Å². The van der Waals surface area contributed by atoms with Crippen LogP contribution < -0.4 is 9.64 Å². The van der Waals surface area contributed by atoms with Gasteiger partial charge in [0.1, 0.15) is 5.75 Å². The Bertz CT molecular complexity index is 1590. The van der Waals surface area contributed by atoms with Crippen LogP contribution in [0.5, 0.6) is 5.75 Å². The topological polar surface area (TPSA) is 63.7 Å². The van der Waals surface area contributed by atoms with Crippen LogP contribution in [-0.4, -0.2) is 17.8 Å². The number of allylic oxidation sites excluding steroid dienone is 1. The molecule has 1 aliphatic carbocycles. The third kappa shape index (κ3) is 2.86. The molecule has 2 amide bonds. The number of hydrogen-bond acceptors (Lipinski definition) is 4. The van der Waals surface area contributed by atoms with Crippen LogP contribution in [0, 0.1) is 17.8 Å². The molecule has 5 nitrogen and oxygen atoms in total. The van der Waals surface area contributed by atoms with Crippen LogP contribution in [-0.2, 0) is 14.4 Å². The average Bonchev–Trinajstić information content (AvgIpc) is 3.18. The normalized spacial score (nSPS) is 24.6. The molecule has 5 heteroatoms. The van der Waals surface area contributed by atoms with Gasteiger partial charge in [-0.15, -0.1) is 0 Å². The van der Waals surface area contributed by atoms with Crippen molar-refractivity contribution in [3.05, 3.63) is 114 Å². The summed E-state index contributed by atoms with van der Waals surface area (Å²) in [6.07, 6.45) is 2.03. The van der Waals surface area contributed by atoms with Gasteiger partial charge in [0.05, 0.1) is 23.4 Å². The van der Waals surface area contributed by atoms with Gasteiger partial charge in [-0.2, -0.15) is 0 Å². The highest BCUT2D eigenvalue weighted by Crippen LogP contribution is 2.55. The standard InChI is InChI=1S/C31H21NO4/c33-29-26-22(18-9-3-1-4-10-18)17-23-25-21-14-8-7-11-19(21)15-16-24(25)36-31(35)27(23)28(26)30(34)32(29)20-12-5-2-6-13-20/h1-17,22,26-28H/t22-,26+,27-,28-/m1/s1. The van der Waals surface area contributed by atoms with Crippen molar-refractivity contribution in [2.75, 3.05) is 4.90 Å². The number of amides is 2. The first-order chi connectivity index (χ1) is 17.6. The molecule has 3 aliphatic rings. The fourth-order valence-corrected chi connectivity index (χ4v) is 6.16. The van der Waals surface area contributed by atoms with Crippen molar-refractivity contribution in [2.24, 2.45) is 17.8 Å². The quantitative estimate of drug-likeness (QED) is 0.224. The first kappa shape index (κ1) is 20.8. The van der Waals surface area contributed by atoms with Gasteiger partial charge >= 0.3 is 5.97 Å². The number of benzene rings is 4. The Morgan fingerprint density at radius 3 is 2.11 bits per heavy atom. The number of ether oxygens (including phenoxy) is 1. The molecule has 2 heterocycles. The summed E-state index contributed by atoms with van der Waals surface area (Å²) in [6, 6.07) is 30.4. The number of carbonyl (C=O) groups is 3. The van der Waals surface area contributed by atoms with Gasteiger partial charge in [-0.1, -0.05) is 84.9 Å². The maximum absolute atomic E-state index is 14.0. The van der Waals surface area contributed by atoms with Crippen LogP contribution in [0.15, 0.2) is 103 Å². The molecule has 0 saturated carbocycles. The predicted octanol–water partition coefficient (Wildman–Crippen LogP) is 5.36. The van der Waals surface area contributed by atoms with E-state index in [1.54, 1.807) is 24.3 Å². The molecule has 36 heavy (non-hydrogen) atoms. The molecule has 0 aromatic heterocycles. The Morgan fingerprint density at radius 2 is 1.33 bits per heavy atom. The van der Waals surface area contributed by atoms with Crippen molar-refractivity contribution in [1.82, 2.24) is 0 Å². The third-order valence-corrected chi connectivity index (χ3v) is 7.68. The zero-order chi connectivity index (χ0) is 24.4. The number of anilines is 1. The molecule has 2 aliphatic heterocycles. The Hall–Kier alpha value is -4.51. The maximum Gasteiger partial charge on any atom is 0.319 e. The second-order valence-electron chi connectivity index (χ2n) is 9.52. The van der Waals surface area contributed by atoms with E-state index in [-0.39, 0.29) is 17.7 Å². The Morgan fingerprint density at radius 1 is 0.667 bits per heavy atom. The summed E-state index contributed by atoms with van der Waals surface area (Å²) in [5.41, 5.74) is 3.06. The van der Waals surface area contributed by atoms with E-state index in [2.05, 4.69) is 0 Å². The minimum Gasteiger partial charge on any atom is -0.425 e. The summed E-state index contributed by atoms with van der Waals surface area (Å²) in [7, 11) is 0. The van der Waals surface area contributed by atoms with E-state index in [0.29, 0.717) is 11.4 Å². The van der Waals surface area contributed by atoms with E-state index in [1.807, 2.05) is 78.9 Å². The molecule has 4 atom stereocenters. The fourth-order valence-electron chi connectivity index (χ4n) is 6.16. The number of imide groups is 1. The number of carbonyl (C=O) groups excluding carboxylic acids is 3. The first-order valence-electron chi connectivity index (χ1n) is 12.1. The van der Waals surface area contributed by atoms with Crippen molar-refractivity contribution < 1.29 is 19.1 Å². The number of fused-ring (bicyclic) bond motifs is 7. The second-order valence-corrected chi connectivity index (χ2v) is 9.52. The number of nitrogens with zero attached hydrogens (tertiary/aromatic N) is 1. The number of hydrogen-bond donors (Lipinski definition) is 0. The van der Waals surface area contributed by atoms with E-state index in [4.69, 9.17) is 4.74 Å². The van der Waals surface area contributed by atoms with Gasteiger partial charge < -0.3 is 4.74 Å².